The van der Waals surface area contributed by atoms with E-state index < -0.39 is 17.8 Å². The Morgan fingerprint density at radius 2 is 1.87 bits per heavy atom. The van der Waals surface area contributed by atoms with Gasteiger partial charge in [-0.2, -0.15) is 0 Å². The van der Waals surface area contributed by atoms with Gasteiger partial charge in [-0.15, -0.1) is 0 Å². The highest BCUT2D eigenvalue weighted by molar-refractivity contribution is 5.93. The van der Waals surface area contributed by atoms with Crippen molar-refractivity contribution in [1.29, 1.82) is 0 Å². The van der Waals surface area contributed by atoms with Gasteiger partial charge in [-0.25, -0.2) is 9.18 Å². The minimum Gasteiger partial charge on any atom is -0.465 e. The lowest BCUT2D eigenvalue weighted by Crippen LogP contribution is -2.31. The number of carbonyl (C=O) groups is 2. The van der Waals surface area contributed by atoms with E-state index in [4.69, 9.17) is 5.11 Å². The molecule has 1 aromatic rings. The standard InChI is InChI=1S/C9H9FN2O3/c10-6-1-3-7(4-2-6)12-8(13)5-11-9(14)15/h1-4,11H,5H2,(H,12,13)(H,14,15). The van der Waals surface area contributed by atoms with Crippen LogP contribution in [0.3, 0.4) is 0 Å². The summed E-state index contributed by atoms with van der Waals surface area (Å²) in [5.74, 6) is -0.916. The van der Waals surface area contributed by atoms with Gasteiger partial charge in [0.15, 0.2) is 0 Å². The molecule has 1 rings (SSSR count). The average molecular weight is 212 g/mol. The first kappa shape index (κ1) is 11.0. The van der Waals surface area contributed by atoms with Crippen molar-refractivity contribution in [2.24, 2.45) is 0 Å². The third kappa shape index (κ3) is 4.08. The molecule has 2 amide bonds. The molecular formula is C9H9FN2O3. The van der Waals surface area contributed by atoms with Crippen LogP contribution in [0.15, 0.2) is 24.3 Å². The van der Waals surface area contributed by atoms with Gasteiger partial charge in [0.05, 0.1) is 0 Å². The summed E-state index contributed by atoms with van der Waals surface area (Å²) in [5, 5.41) is 12.5. The first-order valence-electron chi connectivity index (χ1n) is 4.10. The zero-order valence-electron chi connectivity index (χ0n) is 7.66. The molecule has 3 N–H and O–H groups in total. The van der Waals surface area contributed by atoms with Gasteiger partial charge < -0.3 is 15.7 Å². The number of amides is 2. The first-order chi connectivity index (χ1) is 7.08. The normalized spacial score (nSPS) is 9.40. The van der Waals surface area contributed by atoms with Crippen molar-refractivity contribution in [2.45, 2.75) is 0 Å². The van der Waals surface area contributed by atoms with Crippen molar-refractivity contribution in [3.05, 3.63) is 30.1 Å². The summed E-state index contributed by atoms with van der Waals surface area (Å²) >= 11 is 0. The number of hydrogen-bond acceptors (Lipinski definition) is 2. The second kappa shape index (κ2) is 4.94. The Hall–Kier alpha value is -2.11. The van der Waals surface area contributed by atoms with E-state index in [0.717, 1.165) is 0 Å². The smallest absolute Gasteiger partial charge is 0.405 e. The van der Waals surface area contributed by atoms with Crippen LogP contribution in [0, 0.1) is 5.82 Å². The summed E-state index contributed by atoms with van der Waals surface area (Å²) < 4.78 is 12.5. The van der Waals surface area contributed by atoms with E-state index in [0.29, 0.717) is 5.69 Å². The van der Waals surface area contributed by atoms with Gasteiger partial charge in [0, 0.05) is 5.69 Å². The lowest BCUT2D eigenvalue weighted by molar-refractivity contribution is -0.115. The number of nitrogens with one attached hydrogen (secondary N) is 2. The average Bonchev–Trinajstić information content (AvgIpc) is 2.19. The number of rotatable bonds is 3. The van der Waals surface area contributed by atoms with Crippen LogP contribution in [0.1, 0.15) is 0 Å². The van der Waals surface area contributed by atoms with Crippen LogP contribution in [0.25, 0.3) is 0 Å². The summed E-state index contributed by atoms with van der Waals surface area (Å²) in [6.07, 6.45) is -1.27. The van der Waals surface area contributed by atoms with Crippen LogP contribution in [0.5, 0.6) is 0 Å². The number of carbonyl (C=O) groups excluding carboxylic acids is 1. The van der Waals surface area contributed by atoms with Crippen molar-refractivity contribution >= 4 is 17.7 Å². The van der Waals surface area contributed by atoms with E-state index in [-0.39, 0.29) is 6.54 Å². The summed E-state index contributed by atoms with van der Waals surface area (Å²) in [7, 11) is 0. The van der Waals surface area contributed by atoms with Gasteiger partial charge >= 0.3 is 6.09 Å². The second-order valence-electron chi connectivity index (χ2n) is 2.71. The SMILES string of the molecule is O=C(O)NCC(=O)Nc1ccc(F)cc1. The minimum absolute atomic E-state index is 0.341. The van der Waals surface area contributed by atoms with Gasteiger partial charge in [-0.05, 0) is 24.3 Å². The maximum atomic E-state index is 12.5. The number of benzene rings is 1. The molecule has 0 saturated heterocycles. The lowest BCUT2D eigenvalue weighted by atomic mass is 10.3. The Morgan fingerprint density at radius 3 is 2.40 bits per heavy atom. The third-order valence-corrected chi connectivity index (χ3v) is 1.53. The molecule has 1 aromatic carbocycles. The maximum absolute atomic E-state index is 12.5. The van der Waals surface area contributed by atoms with Gasteiger partial charge in [-0.1, -0.05) is 0 Å². The monoisotopic (exact) mass is 212 g/mol. The highest BCUT2D eigenvalue weighted by Gasteiger charge is 2.03. The van der Waals surface area contributed by atoms with Crippen LogP contribution in [0.2, 0.25) is 0 Å². The Bertz CT molecular complexity index is 364. The maximum Gasteiger partial charge on any atom is 0.405 e. The summed E-state index contributed by atoms with van der Waals surface area (Å²) in [6.45, 7) is -0.341. The zero-order chi connectivity index (χ0) is 11.3. The van der Waals surface area contributed by atoms with E-state index in [1.54, 1.807) is 0 Å². The van der Waals surface area contributed by atoms with E-state index in [9.17, 15) is 14.0 Å². The molecule has 0 bridgehead atoms. The molecule has 0 aliphatic carbocycles. The molecule has 0 unspecified atom stereocenters. The Balaban J connectivity index is 2.44. The van der Waals surface area contributed by atoms with Crippen molar-refractivity contribution in [3.8, 4) is 0 Å². The number of hydrogen-bond donors (Lipinski definition) is 3. The van der Waals surface area contributed by atoms with Gasteiger partial charge in [0.1, 0.15) is 12.4 Å². The molecule has 0 heterocycles. The van der Waals surface area contributed by atoms with Crippen LogP contribution in [-0.2, 0) is 4.79 Å². The Morgan fingerprint density at radius 1 is 1.27 bits per heavy atom. The summed E-state index contributed by atoms with van der Waals surface area (Å²) in [5.41, 5.74) is 0.411. The predicted molar refractivity (Wildman–Crippen MR) is 51.1 cm³/mol. The topological polar surface area (TPSA) is 78.4 Å². The molecule has 0 spiro atoms. The van der Waals surface area contributed by atoms with E-state index in [2.05, 4.69) is 5.32 Å². The molecule has 80 valence electrons. The van der Waals surface area contributed by atoms with Crippen LogP contribution in [-0.4, -0.2) is 23.7 Å². The fourth-order valence-electron chi connectivity index (χ4n) is 0.894. The highest BCUT2D eigenvalue weighted by atomic mass is 19.1. The Labute approximate surface area is 84.9 Å². The molecule has 0 aliphatic heterocycles. The molecular weight excluding hydrogens is 203 g/mol. The molecule has 0 aliphatic rings. The molecule has 0 aromatic heterocycles. The zero-order valence-corrected chi connectivity index (χ0v) is 7.66. The lowest BCUT2D eigenvalue weighted by Gasteiger charge is -2.04. The van der Waals surface area contributed by atoms with E-state index >= 15 is 0 Å². The largest absolute Gasteiger partial charge is 0.465 e. The fourth-order valence-corrected chi connectivity index (χ4v) is 0.894. The van der Waals surface area contributed by atoms with Crippen molar-refractivity contribution in [1.82, 2.24) is 5.32 Å². The summed E-state index contributed by atoms with van der Waals surface area (Å²) in [4.78, 5) is 21.1. The van der Waals surface area contributed by atoms with Crippen LogP contribution in [0.4, 0.5) is 14.9 Å². The summed E-state index contributed by atoms with van der Waals surface area (Å²) in [6, 6.07) is 5.16. The van der Waals surface area contributed by atoms with E-state index in [1.165, 1.54) is 24.3 Å². The van der Waals surface area contributed by atoms with Gasteiger partial charge in [0.25, 0.3) is 0 Å². The molecule has 0 fully saturated rings. The molecule has 0 radical (unpaired) electrons. The second-order valence-corrected chi connectivity index (χ2v) is 2.71. The number of carboxylic acid groups (broad SMARTS) is 1. The Kier molecular flexibility index (Phi) is 3.61. The molecule has 15 heavy (non-hydrogen) atoms. The van der Waals surface area contributed by atoms with Gasteiger partial charge in [-0.3, -0.25) is 4.79 Å². The van der Waals surface area contributed by atoms with Gasteiger partial charge in [0.2, 0.25) is 5.91 Å². The van der Waals surface area contributed by atoms with Crippen LogP contribution < -0.4 is 10.6 Å². The molecule has 0 atom stereocenters. The van der Waals surface area contributed by atoms with Crippen molar-refractivity contribution in [3.63, 3.8) is 0 Å². The van der Waals surface area contributed by atoms with Crippen LogP contribution >= 0.6 is 0 Å². The minimum atomic E-state index is -1.27. The van der Waals surface area contributed by atoms with Crippen molar-refractivity contribution < 1.29 is 19.1 Å². The third-order valence-electron chi connectivity index (χ3n) is 1.53. The fraction of sp³-hybridized carbons (Fsp3) is 0.111. The number of halogens is 1. The highest BCUT2D eigenvalue weighted by Crippen LogP contribution is 2.07. The molecule has 6 heteroatoms. The number of anilines is 1. The molecule has 5 nitrogen and oxygen atoms in total. The van der Waals surface area contributed by atoms with Crippen molar-refractivity contribution in [2.75, 3.05) is 11.9 Å². The molecule has 0 saturated carbocycles. The quantitative estimate of drug-likeness (QED) is 0.700. The predicted octanol–water partition coefficient (Wildman–Crippen LogP) is 1.03. The first-order valence-corrected chi connectivity index (χ1v) is 4.10. The van der Waals surface area contributed by atoms with E-state index in [1.807, 2.05) is 5.32 Å².